The van der Waals surface area contributed by atoms with Gasteiger partial charge in [-0.3, -0.25) is 0 Å². The number of nitrogens with one attached hydrogen (secondary N) is 1. The topological polar surface area (TPSA) is 24.5 Å². The highest BCUT2D eigenvalue weighted by atomic mass is 16.5. The zero-order chi connectivity index (χ0) is 11.1. The monoisotopic (exact) mass is 214 g/mol. The molecule has 3 nitrogen and oxygen atoms in total. The van der Waals surface area contributed by atoms with E-state index < -0.39 is 0 Å². The lowest BCUT2D eigenvalue weighted by Crippen LogP contribution is -2.48. The van der Waals surface area contributed by atoms with E-state index in [1.807, 2.05) is 0 Å². The van der Waals surface area contributed by atoms with Crippen LogP contribution < -0.4 is 5.32 Å². The predicted octanol–water partition coefficient (Wildman–Crippen LogP) is 1.34. The van der Waals surface area contributed by atoms with Crippen LogP contribution in [0.2, 0.25) is 0 Å². The van der Waals surface area contributed by atoms with E-state index >= 15 is 0 Å². The van der Waals surface area contributed by atoms with E-state index in [4.69, 9.17) is 4.74 Å². The summed E-state index contributed by atoms with van der Waals surface area (Å²) in [6.07, 6.45) is 1.28. The van der Waals surface area contributed by atoms with E-state index in [2.05, 4.69) is 31.0 Å². The summed E-state index contributed by atoms with van der Waals surface area (Å²) >= 11 is 0. The zero-order valence-corrected chi connectivity index (χ0v) is 10.5. The number of rotatable bonds is 6. The molecule has 0 aromatic rings. The molecule has 0 amide bonds. The molecule has 90 valence electrons. The molecule has 1 aliphatic rings. The maximum absolute atomic E-state index is 5.39. The average Bonchev–Trinajstić information content (AvgIpc) is 2.23. The molecule has 1 saturated heterocycles. The average molecular weight is 214 g/mol. The van der Waals surface area contributed by atoms with Gasteiger partial charge < -0.3 is 15.0 Å². The first-order chi connectivity index (χ1) is 7.27. The Morgan fingerprint density at radius 1 is 1.40 bits per heavy atom. The minimum Gasteiger partial charge on any atom is -0.380 e. The van der Waals surface area contributed by atoms with Crippen molar-refractivity contribution in [2.45, 2.75) is 33.2 Å². The molecule has 2 atom stereocenters. The molecule has 0 spiro atoms. The molecular weight excluding hydrogens is 188 g/mol. The van der Waals surface area contributed by atoms with Crippen LogP contribution in [0.25, 0.3) is 0 Å². The highest BCUT2D eigenvalue weighted by molar-refractivity contribution is 4.82. The van der Waals surface area contributed by atoms with E-state index in [0.29, 0.717) is 0 Å². The van der Waals surface area contributed by atoms with Gasteiger partial charge in [-0.25, -0.2) is 0 Å². The summed E-state index contributed by atoms with van der Waals surface area (Å²) in [5.74, 6) is 0.764. The van der Waals surface area contributed by atoms with E-state index in [1.165, 1.54) is 19.5 Å². The Balaban J connectivity index is 2.18. The number of likely N-dealkylation sites (tertiary alicyclic amines) is 1. The zero-order valence-electron chi connectivity index (χ0n) is 10.5. The fourth-order valence-electron chi connectivity index (χ4n) is 2.34. The molecule has 15 heavy (non-hydrogen) atoms. The van der Waals surface area contributed by atoms with Gasteiger partial charge in [-0.1, -0.05) is 13.8 Å². The second kappa shape index (κ2) is 7.20. The molecule has 0 saturated carbocycles. The van der Waals surface area contributed by atoms with Gasteiger partial charge in [0.05, 0.1) is 6.61 Å². The smallest absolute Gasteiger partial charge is 0.0593 e. The quantitative estimate of drug-likeness (QED) is 0.675. The van der Waals surface area contributed by atoms with Gasteiger partial charge in [-0.15, -0.1) is 0 Å². The Bertz CT molecular complexity index is 164. The molecule has 2 unspecified atom stereocenters. The Morgan fingerprint density at radius 2 is 2.20 bits per heavy atom. The molecule has 0 aliphatic carbocycles. The lowest BCUT2D eigenvalue weighted by Gasteiger charge is -2.37. The third-order valence-corrected chi connectivity index (χ3v) is 3.21. The minimum absolute atomic E-state index is 0.721. The van der Waals surface area contributed by atoms with Crippen LogP contribution in [0.15, 0.2) is 0 Å². The van der Waals surface area contributed by atoms with Crippen LogP contribution in [0.5, 0.6) is 0 Å². The first kappa shape index (κ1) is 12.9. The van der Waals surface area contributed by atoms with Crippen molar-refractivity contribution < 1.29 is 4.74 Å². The summed E-state index contributed by atoms with van der Waals surface area (Å²) in [7, 11) is 0. The molecule has 0 aromatic carbocycles. The summed E-state index contributed by atoms with van der Waals surface area (Å²) < 4.78 is 5.39. The Kier molecular flexibility index (Phi) is 6.22. The molecule has 1 fully saturated rings. The Morgan fingerprint density at radius 3 is 2.80 bits per heavy atom. The SMILES string of the molecule is CCNC1CCN(CCOCC)CC1C. The largest absolute Gasteiger partial charge is 0.380 e. The first-order valence-electron chi connectivity index (χ1n) is 6.31. The second-order valence-corrected chi connectivity index (χ2v) is 4.43. The molecule has 1 heterocycles. The van der Waals surface area contributed by atoms with Crippen molar-refractivity contribution in [1.82, 2.24) is 10.2 Å². The van der Waals surface area contributed by atoms with Gasteiger partial charge in [0.15, 0.2) is 0 Å². The van der Waals surface area contributed by atoms with Gasteiger partial charge in [-0.05, 0) is 32.4 Å². The third-order valence-electron chi connectivity index (χ3n) is 3.21. The Labute approximate surface area is 94.2 Å². The van der Waals surface area contributed by atoms with Crippen LogP contribution in [0, 0.1) is 5.92 Å². The summed E-state index contributed by atoms with van der Waals surface area (Å²) in [5, 5.41) is 3.56. The van der Waals surface area contributed by atoms with Gasteiger partial charge in [0.2, 0.25) is 0 Å². The third kappa shape index (κ3) is 4.49. The van der Waals surface area contributed by atoms with Crippen LogP contribution in [0.1, 0.15) is 27.2 Å². The summed E-state index contributed by atoms with van der Waals surface area (Å²) in [6, 6.07) is 0.721. The Hall–Kier alpha value is -0.120. The molecule has 0 aromatic heterocycles. The second-order valence-electron chi connectivity index (χ2n) is 4.43. The van der Waals surface area contributed by atoms with E-state index in [9.17, 15) is 0 Å². The van der Waals surface area contributed by atoms with E-state index in [1.54, 1.807) is 0 Å². The molecule has 1 N–H and O–H groups in total. The minimum atomic E-state index is 0.721. The van der Waals surface area contributed by atoms with Crippen molar-refractivity contribution in [3.8, 4) is 0 Å². The van der Waals surface area contributed by atoms with Gasteiger partial charge >= 0.3 is 0 Å². The highest BCUT2D eigenvalue weighted by Crippen LogP contribution is 2.16. The van der Waals surface area contributed by atoms with Gasteiger partial charge in [0.25, 0.3) is 0 Å². The molecule has 1 aliphatic heterocycles. The van der Waals surface area contributed by atoms with Crippen LogP contribution in [-0.2, 0) is 4.74 Å². The molecule has 3 heteroatoms. The van der Waals surface area contributed by atoms with Crippen molar-refractivity contribution in [3.05, 3.63) is 0 Å². The maximum atomic E-state index is 5.39. The van der Waals surface area contributed by atoms with E-state index in [0.717, 1.165) is 38.3 Å². The van der Waals surface area contributed by atoms with Crippen LogP contribution in [0.3, 0.4) is 0 Å². The van der Waals surface area contributed by atoms with Crippen molar-refractivity contribution >= 4 is 0 Å². The first-order valence-corrected chi connectivity index (χ1v) is 6.31. The van der Waals surface area contributed by atoms with Crippen molar-refractivity contribution in [2.75, 3.05) is 39.4 Å². The summed E-state index contributed by atoms with van der Waals surface area (Å²) in [5.41, 5.74) is 0. The lowest BCUT2D eigenvalue weighted by molar-refractivity contribution is 0.0841. The predicted molar refractivity (Wildman–Crippen MR) is 64.2 cm³/mol. The lowest BCUT2D eigenvalue weighted by atomic mass is 9.94. The molecule has 1 rings (SSSR count). The fourth-order valence-corrected chi connectivity index (χ4v) is 2.34. The van der Waals surface area contributed by atoms with Crippen LogP contribution in [0.4, 0.5) is 0 Å². The molecule has 0 bridgehead atoms. The summed E-state index contributed by atoms with van der Waals surface area (Å²) in [6.45, 7) is 12.9. The van der Waals surface area contributed by atoms with Gasteiger partial charge in [0.1, 0.15) is 0 Å². The van der Waals surface area contributed by atoms with Crippen LogP contribution in [-0.4, -0.2) is 50.3 Å². The summed E-state index contributed by atoms with van der Waals surface area (Å²) in [4.78, 5) is 2.52. The van der Waals surface area contributed by atoms with E-state index in [-0.39, 0.29) is 0 Å². The number of hydrogen-bond donors (Lipinski definition) is 1. The molecule has 0 radical (unpaired) electrons. The number of nitrogens with zero attached hydrogens (tertiary/aromatic N) is 1. The number of piperidine rings is 1. The van der Waals surface area contributed by atoms with Crippen molar-refractivity contribution in [2.24, 2.45) is 5.92 Å². The number of ether oxygens (including phenoxy) is 1. The van der Waals surface area contributed by atoms with Gasteiger partial charge in [-0.2, -0.15) is 0 Å². The maximum Gasteiger partial charge on any atom is 0.0593 e. The van der Waals surface area contributed by atoms with Gasteiger partial charge in [0, 0.05) is 25.7 Å². The number of hydrogen-bond acceptors (Lipinski definition) is 3. The normalized spacial score (nSPS) is 28.2. The van der Waals surface area contributed by atoms with Crippen molar-refractivity contribution in [3.63, 3.8) is 0 Å². The van der Waals surface area contributed by atoms with Crippen molar-refractivity contribution in [1.29, 1.82) is 0 Å². The molecular formula is C12H26N2O. The van der Waals surface area contributed by atoms with Crippen LogP contribution >= 0.6 is 0 Å². The fraction of sp³-hybridized carbons (Fsp3) is 1.00. The highest BCUT2D eigenvalue weighted by Gasteiger charge is 2.24. The standard InChI is InChI=1S/C12H26N2O/c1-4-13-12-6-7-14(10-11(12)3)8-9-15-5-2/h11-13H,4-10H2,1-3H3.